The molecule has 1 heterocycles. The van der Waals surface area contributed by atoms with Crippen LogP contribution in [0.5, 0.6) is 5.75 Å². The standard InChI is InChI=1S/C14H18FN3O/c1-10(17-9-14-16-6-7-18(14)2)12-5-4-11(19-3)8-13(12)15/h4-8,10,17H,9H2,1-3H3. The molecular formula is C14H18FN3O. The molecule has 102 valence electrons. The minimum absolute atomic E-state index is 0.0948. The normalized spacial score (nSPS) is 12.4. The SMILES string of the molecule is COc1ccc(C(C)NCc2nccn2C)c(F)c1. The molecule has 1 aromatic carbocycles. The molecular weight excluding hydrogens is 245 g/mol. The van der Waals surface area contributed by atoms with Gasteiger partial charge in [-0.1, -0.05) is 6.07 Å². The Hall–Kier alpha value is -1.88. The smallest absolute Gasteiger partial charge is 0.131 e. The van der Waals surface area contributed by atoms with E-state index in [1.54, 1.807) is 18.3 Å². The van der Waals surface area contributed by atoms with E-state index in [2.05, 4.69) is 10.3 Å². The molecule has 1 N–H and O–H groups in total. The lowest BCUT2D eigenvalue weighted by Crippen LogP contribution is -2.21. The monoisotopic (exact) mass is 263 g/mol. The van der Waals surface area contributed by atoms with Crippen molar-refractivity contribution in [2.24, 2.45) is 7.05 Å². The van der Waals surface area contributed by atoms with Crippen molar-refractivity contribution in [2.75, 3.05) is 7.11 Å². The van der Waals surface area contributed by atoms with Crippen molar-refractivity contribution in [1.29, 1.82) is 0 Å². The summed E-state index contributed by atoms with van der Waals surface area (Å²) in [6.45, 7) is 2.52. The lowest BCUT2D eigenvalue weighted by Gasteiger charge is -2.15. The van der Waals surface area contributed by atoms with Crippen LogP contribution in [0.15, 0.2) is 30.6 Å². The first-order chi connectivity index (χ1) is 9.11. The van der Waals surface area contributed by atoms with Crippen LogP contribution in [0.3, 0.4) is 0 Å². The molecule has 0 aliphatic rings. The van der Waals surface area contributed by atoms with Crippen molar-refractivity contribution < 1.29 is 9.13 Å². The summed E-state index contributed by atoms with van der Waals surface area (Å²) in [6.07, 6.45) is 3.63. The number of nitrogens with one attached hydrogen (secondary N) is 1. The van der Waals surface area contributed by atoms with Crippen molar-refractivity contribution in [3.05, 3.63) is 47.8 Å². The molecule has 1 aromatic heterocycles. The Kier molecular flexibility index (Phi) is 4.16. The Balaban J connectivity index is 2.03. The molecule has 1 atom stereocenters. The first-order valence-corrected chi connectivity index (χ1v) is 6.15. The van der Waals surface area contributed by atoms with Crippen LogP contribution < -0.4 is 10.1 Å². The summed E-state index contributed by atoms with van der Waals surface area (Å²) in [5.74, 6) is 1.18. The van der Waals surface area contributed by atoms with Gasteiger partial charge in [0.15, 0.2) is 0 Å². The van der Waals surface area contributed by atoms with Gasteiger partial charge >= 0.3 is 0 Å². The highest BCUT2D eigenvalue weighted by molar-refractivity contribution is 5.30. The Morgan fingerprint density at radius 1 is 1.47 bits per heavy atom. The Labute approximate surface area is 112 Å². The highest BCUT2D eigenvalue weighted by Crippen LogP contribution is 2.21. The molecule has 0 bridgehead atoms. The quantitative estimate of drug-likeness (QED) is 0.900. The summed E-state index contributed by atoms with van der Waals surface area (Å²) < 4.78 is 20.8. The van der Waals surface area contributed by atoms with Crippen molar-refractivity contribution in [3.8, 4) is 5.75 Å². The van der Waals surface area contributed by atoms with Gasteiger partial charge in [0.25, 0.3) is 0 Å². The minimum atomic E-state index is -0.265. The molecule has 0 saturated carbocycles. The number of aromatic nitrogens is 2. The van der Waals surface area contributed by atoms with Crippen LogP contribution in [0.1, 0.15) is 24.4 Å². The molecule has 5 heteroatoms. The summed E-state index contributed by atoms with van der Waals surface area (Å²) in [5.41, 5.74) is 0.620. The van der Waals surface area contributed by atoms with Gasteiger partial charge in [-0.3, -0.25) is 0 Å². The van der Waals surface area contributed by atoms with Gasteiger partial charge in [0.1, 0.15) is 17.4 Å². The van der Waals surface area contributed by atoms with Crippen LogP contribution in [0.25, 0.3) is 0 Å². The predicted molar refractivity (Wildman–Crippen MR) is 71.4 cm³/mol. The van der Waals surface area contributed by atoms with Crippen LogP contribution in [0.2, 0.25) is 0 Å². The molecule has 0 aliphatic heterocycles. The van der Waals surface area contributed by atoms with Crippen LogP contribution >= 0.6 is 0 Å². The molecule has 4 nitrogen and oxygen atoms in total. The van der Waals surface area contributed by atoms with E-state index in [9.17, 15) is 4.39 Å². The third-order valence-corrected chi connectivity index (χ3v) is 3.16. The van der Waals surface area contributed by atoms with Gasteiger partial charge in [0.05, 0.1) is 13.7 Å². The van der Waals surface area contributed by atoms with E-state index in [0.717, 1.165) is 5.82 Å². The molecule has 0 amide bonds. The number of rotatable bonds is 5. The van der Waals surface area contributed by atoms with Gasteiger partial charge in [-0.25, -0.2) is 9.37 Å². The number of hydrogen-bond acceptors (Lipinski definition) is 3. The second-order valence-electron chi connectivity index (χ2n) is 4.44. The second kappa shape index (κ2) is 5.84. The third-order valence-electron chi connectivity index (χ3n) is 3.16. The molecule has 2 aromatic rings. The Morgan fingerprint density at radius 2 is 2.26 bits per heavy atom. The Morgan fingerprint density at radius 3 is 2.84 bits per heavy atom. The van der Waals surface area contributed by atoms with Gasteiger partial charge < -0.3 is 14.6 Å². The molecule has 1 unspecified atom stereocenters. The number of aryl methyl sites for hydroxylation is 1. The zero-order valence-corrected chi connectivity index (χ0v) is 11.4. The van der Waals surface area contributed by atoms with E-state index in [1.807, 2.05) is 24.7 Å². The highest BCUT2D eigenvalue weighted by atomic mass is 19.1. The average molecular weight is 263 g/mol. The van der Waals surface area contributed by atoms with Crippen molar-refractivity contribution in [3.63, 3.8) is 0 Å². The number of halogens is 1. The van der Waals surface area contributed by atoms with E-state index >= 15 is 0 Å². The fraction of sp³-hybridized carbons (Fsp3) is 0.357. The van der Waals surface area contributed by atoms with Crippen LogP contribution in [0.4, 0.5) is 4.39 Å². The van der Waals surface area contributed by atoms with E-state index in [4.69, 9.17) is 4.74 Å². The number of benzene rings is 1. The van der Waals surface area contributed by atoms with Gasteiger partial charge in [-0.2, -0.15) is 0 Å². The number of hydrogen-bond donors (Lipinski definition) is 1. The summed E-state index contributed by atoms with van der Waals surface area (Å²) in [7, 11) is 3.46. The van der Waals surface area contributed by atoms with Gasteiger partial charge in [0.2, 0.25) is 0 Å². The van der Waals surface area contributed by atoms with Crippen molar-refractivity contribution in [1.82, 2.24) is 14.9 Å². The average Bonchev–Trinajstić information content (AvgIpc) is 2.81. The van der Waals surface area contributed by atoms with E-state index in [-0.39, 0.29) is 11.9 Å². The summed E-state index contributed by atoms with van der Waals surface area (Å²) in [6, 6.07) is 4.80. The maximum Gasteiger partial charge on any atom is 0.131 e. The fourth-order valence-corrected chi connectivity index (χ4v) is 1.91. The number of imidazole rings is 1. The van der Waals surface area contributed by atoms with Crippen molar-refractivity contribution >= 4 is 0 Å². The van der Waals surface area contributed by atoms with Crippen molar-refractivity contribution in [2.45, 2.75) is 19.5 Å². The lowest BCUT2D eigenvalue weighted by molar-refractivity contribution is 0.409. The largest absolute Gasteiger partial charge is 0.497 e. The number of ether oxygens (including phenoxy) is 1. The first-order valence-electron chi connectivity index (χ1n) is 6.15. The summed E-state index contributed by atoms with van der Waals surface area (Å²) in [5, 5.41) is 3.26. The molecule has 0 saturated heterocycles. The first kappa shape index (κ1) is 13.5. The fourth-order valence-electron chi connectivity index (χ4n) is 1.91. The molecule has 2 rings (SSSR count). The second-order valence-corrected chi connectivity index (χ2v) is 4.44. The molecule has 0 spiro atoms. The third kappa shape index (κ3) is 3.12. The number of nitrogens with zero attached hydrogens (tertiary/aromatic N) is 2. The maximum absolute atomic E-state index is 13.9. The van der Waals surface area contributed by atoms with Gasteiger partial charge in [-0.05, 0) is 13.0 Å². The molecule has 0 fully saturated rings. The van der Waals surface area contributed by atoms with Crippen LogP contribution in [-0.4, -0.2) is 16.7 Å². The maximum atomic E-state index is 13.9. The minimum Gasteiger partial charge on any atom is -0.497 e. The molecule has 0 aliphatic carbocycles. The summed E-state index contributed by atoms with van der Waals surface area (Å²) >= 11 is 0. The predicted octanol–water partition coefficient (Wildman–Crippen LogP) is 2.42. The number of methoxy groups -OCH3 is 1. The Bertz CT molecular complexity index is 553. The lowest BCUT2D eigenvalue weighted by atomic mass is 10.1. The van der Waals surface area contributed by atoms with E-state index in [0.29, 0.717) is 17.9 Å². The molecule has 19 heavy (non-hydrogen) atoms. The van der Waals surface area contributed by atoms with E-state index in [1.165, 1.54) is 13.2 Å². The summed E-state index contributed by atoms with van der Waals surface area (Å²) in [4.78, 5) is 4.22. The van der Waals surface area contributed by atoms with Crippen LogP contribution in [-0.2, 0) is 13.6 Å². The molecule has 0 radical (unpaired) electrons. The zero-order valence-electron chi connectivity index (χ0n) is 11.4. The van der Waals surface area contributed by atoms with Gasteiger partial charge in [-0.15, -0.1) is 0 Å². The van der Waals surface area contributed by atoms with Crippen LogP contribution in [0, 0.1) is 5.82 Å². The van der Waals surface area contributed by atoms with E-state index < -0.39 is 0 Å². The zero-order chi connectivity index (χ0) is 13.8. The topological polar surface area (TPSA) is 39.1 Å². The highest BCUT2D eigenvalue weighted by Gasteiger charge is 2.12. The van der Waals surface area contributed by atoms with Gasteiger partial charge in [0, 0.05) is 37.1 Å².